The maximum absolute atomic E-state index is 13.2. The minimum absolute atomic E-state index is 0.195. The average molecular weight is 506 g/mol. The molecule has 0 spiro atoms. The maximum atomic E-state index is 13.2. The normalized spacial score (nSPS) is 22.7. The molecule has 0 aliphatic carbocycles. The van der Waals surface area contributed by atoms with Gasteiger partial charge in [-0.25, -0.2) is 8.42 Å². The first-order valence-corrected chi connectivity index (χ1v) is 12.8. The van der Waals surface area contributed by atoms with Gasteiger partial charge in [-0.15, -0.1) is 11.3 Å². The van der Waals surface area contributed by atoms with E-state index in [4.69, 9.17) is 4.74 Å². The van der Waals surface area contributed by atoms with E-state index < -0.39 is 21.8 Å². The van der Waals surface area contributed by atoms with Crippen LogP contribution in [-0.2, 0) is 20.4 Å². The molecule has 2 aliphatic heterocycles. The summed E-state index contributed by atoms with van der Waals surface area (Å²) in [5, 5.41) is 15.0. The number of nitrogens with one attached hydrogen (secondary N) is 1. The molecule has 2 unspecified atom stereocenters. The SMILES string of the molecule is CC(O)(c1ccc(N2CCN(S(=O)(=O)c3cccs3)CC2CNC2COC2)cc1)C(F)(F)F. The summed E-state index contributed by atoms with van der Waals surface area (Å²) in [6, 6.07) is 8.85. The molecular weight excluding hydrogens is 479 g/mol. The maximum Gasteiger partial charge on any atom is 0.421 e. The Hall–Kier alpha value is -1.70. The van der Waals surface area contributed by atoms with Crippen LogP contribution in [0.5, 0.6) is 0 Å². The molecule has 1 aromatic heterocycles. The van der Waals surface area contributed by atoms with Crippen molar-refractivity contribution >= 4 is 27.0 Å². The average Bonchev–Trinajstić information content (AvgIpc) is 3.28. The summed E-state index contributed by atoms with van der Waals surface area (Å²) in [4.78, 5) is 2.00. The van der Waals surface area contributed by atoms with Crippen LogP contribution < -0.4 is 10.2 Å². The molecule has 0 saturated carbocycles. The fourth-order valence-corrected chi connectivity index (χ4v) is 6.51. The van der Waals surface area contributed by atoms with Gasteiger partial charge in [0.1, 0.15) is 4.21 Å². The van der Waals surface area contributed by atoms with Crippen molar-refractivity contribution in [1.82, 2.24) is 9.62 Å². The molecule has 0 bridgehead atoms. The van der Waals surface area contributed by atoms with Crippen molar-refractivity contribution in [1.29, 1.82) is 0 Å². The van der Waals surface area contributed by atoms with Crippen LogP contribution in [0.4, 0.5) is 18.9 Å². The van der Waals surface area contributed by atoms with Crippen molar-refractivity contribution in [3.8, 4) is 0 Å². The lowest BCUT2D eigenvalue weighted by Gasteiger charge is -2.43. The van der Waals surface area contributed by atoms with E-state index >= 15 is 0 Å². The van der Waals surface area contributed by atoms with Crippen molar-refractivity contribution in [3.05, 3.63) is 47.3 Å². The van der Waals surface area contributed by atoms with Gasteiger partial charge in [-0.1, -0.05) is 18.2 Å². The van der Waals surface area contributed by atoms with E-state index in [2.05, 4.69) is 5.32 Å². The molecule has 12 heteroatoms. The second-order valence-corrected chi connectivity index (χ2v) is 11.5. The molecule has 2 atom stereocenters. The Labute approximate surface area is 194 Å². The first-order valence-electron chi connectivity index (χ1n) is 10.5. The standard InChI is InChI=1S/C21H26F3N3O4S2/c1-20(28,21(22,23)24)15-4-6-17(7-5-15)27-9-8-26(33(29,30)19-3-2-10-32-19)12-18(27)11-25-16-13-31-14-16/h2-7,10,16,18,25,28H,8-9,11-14H2,1H3. The number of alkyl halides is 3. The van der Waals surface area contributed by atoms with Crippen LogP contribution in [0.1, 0.15) is 12.5 Å². The van der Waals surface area contributed by atoms with Gasteiger partial charge in [-0.3, -0.25) is 0 Å². The number of benzene rings is 1. The Balaban J connectivity index is 1.55. The molecule has 2 aromatic rings. The highest BCUT2D eigenvalue weighted by Crippen LogP contribution is 2.39. The molecule has 2 aliphatic rings. The van der Waals surface area contributed by atoms with Gasteiger partial charge in [0.15, 0.2) is 5.60 Å². The molecule has 0 radical (unpaired) electrons. The summed E-state index contributed by atoms with van der Waals surface area (Å²) >= 11 is 1.17. The van der Waals surface area contributed by atoms with Crippen molar-refractivity contribution in [2.75, 3.05) is 44.3 Å². The molecular formula is C21H26F3N3O4S2. The van der Waals surface area contributed by atoms with E-state index in [-0.39, 0.29) is 34.9 Å². The fourth-order valence-electron chi connectivity index (χ4n) is 3.89. The summed E-state index contributed by atoms with van der Waals surface area (Å²) in [5.74, 6) is 0. The van der Waals surface area contributed by atoms with Crippen LogP contribution in [0.25, 0.3) is 0 Å². The van der Waals surface area contributed by atoms with E-state index in [1.807, 2.05) is 4.90 Å². The number of aliphatic hydroxyl groups is 1. The molecule has 2 fully saturated rings. The van der Waals surface area contributed by atoms with Crippen molar-refractivity contribution in [2.45, 2.75) is 35.0 Å². The molecule has 4 rings (SSSR count). The summed E-state index contributed by atoms with van der Waals surface area (Å²) < 4.78 is 72.5. The topological polar surface area (TPSA) is 82.1 Å². The van der Waals surface area contributed by atoms with E-state index in [1.165, 1.54) is 27.8 Å². The number of halogens is 3. The number of thiophene rings is 1. The zero-order valence-electron chi connectivity index (χ0n) is 18.0. The van der Waals surface area contributed by atoms with Gasteiger partial charge in [0, 0.05) is 31.9 Å². The molecule has 7 nitrogen and oxygen atoms in total. The van der Waals surface area contributed by atoms with Crippen LogP contribution in [0, 0.1) is 0 Å². The van der Waals surface area contributed by atoms with Crippen LogP contribution in [-0.4, -0.2) is 75.5 Å². The largest absolute Gasteiger partial charge is 0.421 e. The Morgan fingerprint density at radius 3 is 2.42 bits per heavy atom. The molecule has 2 saturated heterocycles. The van der Waals surface area contributed by atoms with Gasteiger partial charge in [0.25, 0.3) is 10.0 Å². The van der Waals surface area contributed by atoms with E-state index in [9.17, 15) is 26.7 Å². The van der Waals surface area contributed by atoms with Crippen molar-refractivity contribution in [3.63, 3.8) is 0 Å². The van der Waals surface area contributed by atoms with Crippen molar-refractivity contribution < 1.29 is 31.4 Å². The predicted octanol–water partition coefficient (Wildman–Crippen LogP) is 2.39. The van der Waals surface area contributed by atoms with Crippen LogP contribution in [0.3, 0.4) is 0 Å². The quantitative estimate of drug-likeness (QED) is 0.602. The van der Waals surface area contributed by atoms with E-state index in [0.717, 1.165) is 6.92 Å². The summed E-state index contributed by atoms with van der Waals surface area (Å²) in [7, 11) is -3.62. The highest BCUT2D eigenvalue weighted by atomic mass is 32.2. The molecule has 33 heavy (non-hydrogen) atoms. The zero-order valence-corrected chi connectivity index (χ0v) is 19.6. The first-order chi connectivity index (χ1) is 15.5. The summed E-state index contributed by atoms with van der Waals surface area (Å²) in [5.41, 5.74) is -2.54. The number of piperazine rings is 1. The Kier molecular flexibility index (Phi) is 6.78. The van der Waals surface area contributed by atoms with Gasteiger partial charge in [0.05, 0.1) is 25.3 Å². The third kappa shape index (κ3) is 4.91. The molecule has 182 valence electrons. The number of sulfonamides is 1. The molecule has 3 heterocycles. The lowest BCUT2D eigenvalue weighted by molar-refractivity contribution is -0.258. The smallest absolute Gasteiger partial charge is 0.378 e. The number of hydrogen-bond acceptors (Lipinski definition) is 7. The molecule has 2 N–H and O–H groups in total. The number of hydrogen-bond donors (Lipinski definition) is 2. The van der Waals surface area contributed by atoms with Gasteiger partial charge in [0.2, 0.25) is 0 Å². The van der Waals surface area contributed by atoms with Gasteiger partial charge in [-0.2, -0.15) is 17.5 Å². The minimum Gasteiger partial charge on any atom is -0.378 e. The zero-order chi connectivity index (χ0) is 23.9. The highest BCUT2D eigenvalue weighted by Gasteiger charge is 2.51. The highest BCUT2D eigenvalue weighted by molar-refractivity contribution is 7.91. The number of ether oxygens (including phenoxy) is 1. The molecule has 0 amide bonds. The number of rotatable bonds is 7. The van der Waals surface area contributed by atoms with E-state index in [0.29, 0.717) is 32.0 Å². The van der Waals surface area contributed by atoms with Crippen LogP contribution >= 0.6 is 11.3 Å². The second kappa shape index (κ2) is 9.16. The Morgan fingerprint density at radius 2 is 1.88 bits per heavy atom. The van der Waals surface area contributed by atoms with Gasteiger partial charge >= 0.3 is 6.18 Å². The van der Waals surface area contributed by atoms with Crippen LogP contribution in [0.15, 0.2) is 46.0 Å². The third-order valence-corrected chi connectivity index (χ3v) is 9.37. The fraction of sp³-hybridized carbons (Fsp3) is 0.524. The van der Waals surface area contributed by atoms with Crippen LogP contribution in [0.2, 0.25) is 0 Å². The van der Waals surface area contributed by atoms with E-state index in [1.54, 1.807) is 29.6 Å². The summed E-state index contributed by atoms with van der Waals surface area (Å²) in [6.45, 7) is 3.27. The van der Waals surface area contributed by atoms with Crippen molar-refractivity contribution in [2.24, 2.45) is 0 Å². The first kappa shape index (κ1) is 24.4. The number of nitrogens with zero attached hydrogens (tertiary/aromatic N) is 2. The third-order valence-electron chi connectivity index (χ3n) is 6.13. The van der Waals surface area contributed by atoms with Gasteiger partial charge in [-0.05, 0) is 36.1 Å². The molecule has 1 aromatic carbocycles. The van der Waals surface area contributed by atoms with Gasteiger partial charge < -0.3 is 20.1 Å². The predicted molar refractivity (Wildman–Crippen MR) is 119 cm³/mol. The number of anilines is 1. The lowest BCUT2D eigenvalue weighted by atomic mass is 9.95. The Bertz CT molecular complexity index is 1040. The Morgan fingerprint density at radius 1 is 1.18 bits per heavy atom. The summed E-state index contributed by atoms with van der Waals surface area (Å²) in [6.07, 6.45) is -4.80. The second-order valence-electron chi connectivity index (χ2n) is 8.40. The minimum atomic E-state index is -4.80. The monoisotopic (exact) mass is 505 g/mol. The lowest BCUT2D eigenvalue weighted by Crippen LogP contribution is -2.60.